The maximum atomic E-state index is 12.5. The summed E-state index contributed by atoms with van der Waals surface area (Å²) in [5.74, 6) is -0.931. The van der Waals surface area contributed by atoms with Crippen LogP contribution >= 0.6 is 0 Å². The third-order valence-electron chi connectivity index (χ3n) is 5.68. The fraction of sp³-hybridized carbons (Fsp3) is 0.385. The van der Waals surface area contributed by atoms with E-state index in [1.165, 1.54) is 13.0 Å². The summed E-state index contributed by atoms with van der Waals surface area (Å²) in [6.07, 6.45) is -0.0241. The lowest BCUT2D eigenvalue weighted by atomic mass is 9.95. The fourth-order valence-electron chi connectivity index (χ4n) is 4.00. The Balaban J connectivity index is 1.45. The molecule has 8 heteroatoms. The van der Waals surface area contributed by atoms with Crippen LogP contribution in [-0.4, -0.2) is 59.8 Å². The second-order valence-corrected chi connectivity index (χ2v) is 8.80. The van der Waals surface area contributed by atoms with E-state index in [0.717, 1.165) is 5.56 Å². The summed E-state index contributed by atoms with van der Waals surface area (Å²) in [5.41, 5.74) is 1.43. The van der Waals surface area contributed by atoms with Crippen molar-refractivity contribution in [3.05, 3.63) is 71.8 Å². The molecule has 4 rings (SSSR count). The van der Waals surface area contributed by atoms with Gasteiger partial charge in [0.1, 0.15) is 30.1 Å². The molecule has 2 aliphatic heterocycles. The zero-order chi connectivity index (χ0) is 24.3. The molecule has 2 aromatic carbocycles. The molecule has 1 amide bonds. The van der Waals surface area contributed by atoms with Crippen molar-refractivity contribution in [2.75, 3.05) is 6.61 Å². The number of rotatable bonds is 6. The first kappa shape index (κ1) is 24.1. The van der Waals surface area contributed by atoms with Crippen LogP contribution in [-0.2, 0) is 19.0 Å². The zero-order valence-electron chi connectivity index (χ0n) is 19.3. The molecule has 0 saturated carbocycles. The zero-order valence-corrected chi connectivity index (χ0v) is 19.3. The van der Waals surface area contributed by atoms with Crippen molar-refractivity contribution >= 4 is 17.8 Å². The average molecular weight is 468 g/mol. The van der Waals surface area contributed by atoms with Crippen molar-refractivity contribution in [3.63, 3.8) is 0 Å². The Bertz CT molecular complexity index is 1030. The van der Waals surface area contributed by atoms with Gasteiger partial charge in [0.05, 0.1) is 6.61 Å². The number of carbonyl (C=O) groups is 2. The number of nitrogens with one attached hydrogen (secondary N) is 1. The number of aliphatic hydroxyl groups excluding tert-OH is 1. The molecule has 8 nitrogen and oxygen atoms in total. The van der Waals surface area contributed by atoms with Crippen LogP contribution in [0.1, 0.15) is 36.7 Å². The Hall–Kier alpha value is -3.04. The first-order valence-electron chi connectivity index (χ1n) is 11.2. The monoisotopic (exact) mass is 467 g/mol. The van der Waals surface area contributed by atoms with E-state index in [1.807, 2.05) is 30.3 Å². The van der Waals surface area contributed by atoms with Crippen molar-refractivity contribution in [3.8, 4) is 5.75 Å². The van der Waals surface area contributed by atoms with Crippen LogP contribution in [0.25, 0.3) is 6.08 Å². The van der Waals surface area contributed by atoms with Gasteiger partial charge in [-0.05, 0) is 49.8 Å². The smallest absolute Gasteiger partial charge is 0.223 e. The summed E-state index contributed by atoms with van der Waals surface area (Å²) in [6.45, 7) is 5.07. The summed E-state index contributed by atoms with van der Waals surface area (Å²) >= 11 is 0. The molecule has 2 aromatic rings. The number of hydrogen-bond donors (Lipinski definition) is 2. The van der Waals surface area contributed by atoms with Gasteiger partial charge in [-0.15, -0.1) is 0 Å². The van der Waals surface area contributed by atoms with Crippen LogP contribution in [0.3, 0.4) is 0 Å². The summed E-state index contributed by atoms with van der Waals surface area (Å²) in [6, 6.07) is 15.3. The maximum Gasteiger partial charge on any atom is 0.223 e. The van der Waals surface area contributed by atoms with Crippen LogP contribution in [0, 0.1) is 0 Å². The highest BCUT2D eigenvalue weighted by Gasteiger charge is 2.52. The molecule has 2 heterocycles. The Morgan fingerprint density at radius 3 is 2.50 bits per heavy atom. The topological polar surface area (TPSA) is 103 Å². The molecule has 0 radical (unpaired) electrons. The minimum Gasteiger partial charge on any atom is -0.463 e. The van der Waals surface area contributed by atoms with Crippen molar-refractivity contribution in [2.24, 2.45) is 0 Å². The lowest BCUT2D eigenvalue weighted by Gasteiger charge is -2.49. The number of fused-ring (bicyclic) bond motifs is 1. The van der Waals surface area contributed by atoms with E-state index in [0.29, 0.717) is 11.3 Å². The van der Waals surface area contributed by atoms with E-state index in [-0.39, 0.29) is 18.3 Å². The minimum absolute atomic E-state index is 0.141. The highest BCUT2D eigenvalue weighted by molar-refractivity contribution is 6.06. The molecule has 2 fully saturated rings. The van der Waals surface area contributed by atoms with Gasteiger partial charge in [-0.25, -0.2) is 0 Å². The van der Waals surface area contributed by atoms with E-state index in [9.17, 15) is 14.7 Å². The van der Waals surface area contributed by atoms with E-state index in [4.69, 9.17) is 18.9 Å². The number of carbonyl (C=O) groups excluding carboxylic acids is 2. The van der Waals surface area contributed by atoms with Gasteiger partial charge in [0.25, 0.3) is 0 Å². The van der Waals surface area contributed by atoms with Crippen molar-refractivity contribution in [1.82, 2.24) is 5.32 Å². The third-order valence-corrected chi connectivity index (χ3v) is 5.68. The Labute approximate surface area is 198 Å². The van der Waals surface area contributed by atoms with Gasteiger partial charge in [-0.2, -0.15) is 0 Å². The summed E-state index contributed by atoms with van der Waals surface area (Å²) in [5, 5.41) is 13.7. The first-order chi connectivity index (χ1) is 16.2. The molecular formula is C26H29NO7. The molecule has 34 heavy (non-hydrogen) atoms. The Kier molecular flexibility index (Phi) is 7.13. The molecule has 5 atom stereocenters. The second-order valence-electron chi connectivity index (χ2n) is 8.80. The van der Waals surface area contributed by atoms with Gasteiger partial charge >= 0.3 is 0 Å². The molecule has 0 aromatic heterocycles. The fourth-order valence-corrected chi connectivity index (χ4v) is 4.00. The number of ketones is 1. The average Bonchev–Trinajstić information content (AvgIpc) is 2.81. The number of hydrogen-bond acceptors (Lipinski definition) is 7. The molecule has 0 spiro atoms. The van der Waals surface area contributed by atoms with Crippen LogP contribution in [0.4, 0.5) is 0 Å². The van der Waals surface area contributed by atoms with Crippen LogP contribution < -0.4 is 10.1 Å². The van der Waals surface area contributed by atoms with E-state index in [1.54, 1.807) is 44.2 Å². The number of aliphatic hydroxyl groups is 1. The van der Waals surface area contributed by atoms with E-state index < -0.39 is 36.4 Å². The van der Waals surface area contributed by atoms with E-state index >= 15 is 0 Å². The first-order valence-corrected chi connectivity index (χ1v) is 11.2. The van der Waals surface area contributed by atoms with Crippen LogP contribution in [0.5, 0.6) is 5.75 Å². The Morgan fingerprint density at radius 2 is 1.82 bits per heavy atom. The highest BCUT2D eigenvalue weighted by atomic mass is 16.8. The SMILES string of the molecule is CC(=O)NC1C(Oc2ccc(C(=O)/C=C/c3ccccc3)cc2)OC2COC(C)(C)OC2C1O. The molecule has 0 aliphatic carbocycles. The van der Waals surface area contributed by atoms with Crippen molar-refractivity contribution < 1.29 is 33.6 Å². The molecular weight excluding hydrogens is 438 g/mol. The number of ether oxygens (including phenoxy) is 4. The largest absolute Gasteiger partial charge is 0.463 e. The standard InChI is InChI=1S/C26H29NO7/c1-16(28)27-22-23(30)24-21(15-31-26(2,3)34-24)33-25(22)32-19-12-10-18(11-13-19)20(29)14-9-17-7-5-4-6-8-17/h4-14,21-25,30H,15H2,1-3H3,(H,27,28)/b14-9+. The predicted octanol–water partition coefficient (Wildman–Crippen LogP) is 2.70. The van der Waals surface area contributed by atoms with E-state index in [2.05, 4.69) is 5.32 Å². The number of allylic oxidation sites excluding steroid dienone is 1. The van der Waals surface area contributed by atoms with Gasteiger partial charge in [-0.3, -0.25) is 9.59 Å². The molecule has 2 aliphatic rings. The van der Waals surface area contributed by atoms with Crippen LogP contribution in [0.15, 0.2) is 60.7 Å². The molecule has 2 saturated heterocycles. The summed E-state index contributed by atoms with van der Waals surface area (Å²) < 4.78 is 23.5. The Morgan fingerprint density at radius 1 is 1.12 bits per heavy atom. The van der Waals surface area contributed by atoms with Gasteiger partial charge < -0.3 is 29.4 Å². The van der Waals surface area contributed by atoms with Gasteiger partial charge in [-0.1, -0.05) is 36.4 Å². The predicted molar refractivity (Wildman–Crippen MR) is 124 cm³/mol. The van der Waals surface area contributed by atoms with Gasteiger partial charge in [0.15, 0.2) is 11.6 Å². The summed E-state index contributed by atoms with van der Waals surface area (Å²) in [4.78, 5) is 24.3. The molecule has 180 valence electrons. The molecule has 0 bridgehead atoms. The second kappa shape index (κ2) is 10.1. The summed E-state index contributed by atoms with van der Waals surface area (Å²) in [7, 11) is 0. The van der Waals surface area contributed by atoms with Crippen LogP contribution in [0.2, 0.25) is 0 Å². The molecule has 2 N–H and O–H groups in total. The number of amides is 1. The van der Waals surface area contributed by atoms with Crippen molar-refractivity contribution in [1.29, 1.82) is 0 Å². The normalized spacial score (nSPS) is 28.2. The lowest BCUT2D eigenvalue weighted by Crippen LogP contribution is -2.69. The number of benzene rings is 2. The quantitative estimate of drug-likeness (QED) is 0.497. The highest BCUT2D eigenvalue weighted by Crippen LogP contribution is 2.33. The van der Waals surface area contributed by atoms with Crippen molar-refractivity contribution in [2.45, 2.75) is 57.2 Å². The lowest BCUT2D eigenvalue weighted by molar-refractivity contribution is -0.361. The van der Waals surface area contributed by atoms with Gasteiger partial charge in [0.2, 0.25) is 12.2 Å². The third kappa shape index (κ3) is 5.71. The maximum absolute atomic E-state index is 12.5. The molecule has 5 unspecified atom stereocenters. The van der Waals surface area contributed by atoms with Gasteiger partial charge in [0, 0.05) is 12.5 Å². The minimum atomic E-state index is -1.07.